The lowest BCUT2D eigenvalue weighted by molar-refractivity contribution is 0.0656. The molecule has 1 aromatic rings. The highest BCUT2D eigenvalue weighted by Crippen LogP contribution is 2.34. The summed E-state index contributed by atoms with van der Waals surface area (Å²) in [4.78, 5) is 0. The first-order valence-corrected chi connectivity index (χ1v) is 8.19. The van der Waals surface area contributed by atoms with Crippen LogP contribution in [0, 0.1) is 0 Å². The van der Waals surface area contributed by atoms with E-state index in [4.69, 9.17) is 9.47 Å². The second-order valence-electron chi connectivity index (χ2n) is 5.20. The number of halogens is 1. The molecule has 1 N–H and O–H groups in total. The first-order chi connectivity index (χ1) is 9.69. The lowest BCUT2D eigenvalue weighted by atomic mass is 9.97. The molecule has 1 heterocycles. The lowest BCUT2D eigenvalue weighted by Crippen LogP contribution is -2.42. The third kappa shape index (κ3) is 3.54. The minimum Gasteiger partial charge on any atom is -0.493 e. The van der Waals surface area contributed by atoms with Crippen LogP contribution in [0.5, 0.6) is 5.75 Å². The Balaban J connectivity index is 2.22. The number of methoxy groups -OCH3 is 1. The topological polar surface area (TPSA) is 30.5 Å². The quantitative estimate of drug-likeness (QED) is 0.825. The molecule has 0 amide bonds. The number of fused-ring (bicyclic) bond motifs is 1. The molecular formula is C16H24BrNO2. The van der Waals surface area contributed by atoms with Crippen LogP contribution in [0.15, 0.2) is 16.6 Å². The van der Waals surface area contributed by atoms with Crippen LogP contribution in [0.3, 0.4) is 0 Å². The summed E-state index contributed by atoms with van der Waals surface area (Å²) in [5, 5.41) is 3.55. The third-order valence-corrected chi connectivity index (χ3v) is 4.34. The van der Waals surface area contributed by atoms with E-state index in [1.165, 1.54) is 11.1 Å². The first kappa shape index (κ1) is 15.8. The van der Waals surface area contributed by atoms with Gasteiger partial charge in [0.15, 0.2) is 0 Å². The van der Waals surface area contributed by atoms with Crippen molar-refractivity contribution in [3.8, 4) is 5.75 Å². The van der Waals surface area contributed by atoms with E-state index >= 15 is 0 Å². The lowest BCUT2D eigenvalue weighted by Gasteiger charge is -2.26. The molecule has 0 aliphatic carbocycles. The summed E-state index contributed by atoms with van der Waals surface area (Å²) in [6.07, 6.45) is 3.17. The number of hydrogen-bond donors (Lipinski definition) is 1. The van der Waals surface area contributed by atoms with Crippen molar-refractivity contribution in [3.05, 3.63) is 27.7 Å². The van der Waals surface area contributed by atoms with Crippen molar-refractivity contribution >= 4 is 15.9 Å². The minimum absolute atomic E-state index is 0.228. The van der Waals surface area contributed by atoms with Gasteiger partial charge in [0.25, 0.3) is 0 Å². The third-order valence-electron chi connectivity index (χ3n) is 3.89. The average molecular weight is 342 g/mol. The van der Waals surface area contributed by atoms with Crippen LogP contribution in [-0.2, 0) is 17.6 Å². The predicted octanol–water partition coefficient (Wildman–Crippen LogP) is 3.33. The molecule has 3 nitrogen and oxygen atoms in total. The van der Waals surface area contributed by atoms with Gasteiger partial charge in [0.2, 0.25) is 0 Å². The average Bonchev–Trinajstić information content (AvgIpc) is 2.88. The highest BCUT2D eigenvalue weighted by Gasteiger charge is 2.24. The maximum absolute atomic E-state index is 5.82. The number of hydrogen-bond acceptors (Lipinski definition) is 3. The Labute approximate surface area is 130 Å². The second-order valence-corrected chi connectivity index (χ2v) is 6.12. The zero-order valence-corrected chi connectivity index (χ0v) is 14.1. The summed E-state index contributed by atoms with van der Waals surface area (Å²) in [6, 6.07) is 4.66. The van der Waals surface area contributed by atoms with E-state index in [0.717, 1.165) is 42.6 Å². The molecular weight excluding hydrogens is 318 g/mol. The number of ether oxygens (including phenoxy) is 2. The maximum atomic E-state index is 5.82. The van der Waals surface area contributed by atoms with Gasteiger partial charge in [-0.25, -0.2) is 0 Å². The SMILES string of the molecule is CCNC(Cc1cc(Br)cc2c1OCC2)C(CC)OC. The van der Waals surface area contributed by atoms with Gasteiger partial charge >= 0.3 is 0 Å². The van der Waals surface area contributed by atoms with E-state index in [2.05, 4.69) is 47.2 Å². The molecule has 1 aliphatic rings. The van der Waals surface area contributed by atoms with Gasteiger partial charge in [-0.15, -0.1) is 0 Å². The fraction of sp³-hybridized carbons (Fsp3) is 0.625. The van der Waals surface area contributed by atoms with Gasteiger partial charge in [0, 0.05) is 24.0 Å². The summed E-state index contributed by atoms with van der Waals surface area (Å²) in [7, 11) is 1.79. The normalized spacial score (nSPS) is 16.6. The number of rotatable bonds is 7. The Morgan fingerprint density at radius 1 is 1.40 bits per heavy atom. The van der Waals surface area contributed by atoms with E-state index in [1.54, 1.807) is 7.11 Å². The van der Waals surface area contributed by atoms with E-state index in [1.807, 2.05) is 0 Å². The number of likely N-dealkylation sites (N-methyl/N-ethyl adjacent to an activating group) is 1. The van der Waals surface area contributed by atoms with Crippen LogP contribution in [0.4, 0.5) is 0 Å². The van der Waals surface area contributed by atoms with Gasteiger partial charge in [-0.1, -0.05) is 29.8 Å². The van der Waals surface area contributed by atoms with Crippen LogP contribution in [0.1, 0.15) is 31.4 Å². The Morgan fingerprint density at radius 3 is 2.85 bits per heavy atom. The van der Waals surface area contributed by atoms with Crippen molar-refractivity contribution < 1.29 is 9.47 Å². The molecule has 1 aliphatic heterocycles. The molecule has 0 bridgehead atoms. The van der Waals surface area contributed by atoms with Crippen LogP contribution in [-0.4, -0.2) is 32.4 Å². The Hall–Kier alpha value is -0.580. The Bertz CT molecular complexity index is 446. The van der Waals surface area contributed by atoms with Gasteiger partial charge in [-0.2, -0.15) is 0 Å². The summed E-state index contributed by atoms with van der Waals surface area (Å²) in [5.74, 6) is 1.09. The predicted molar refractivity (Wildman–Crippen MR) is 85.6 cm³/mol. The van der Waals surface area contributed by atoms with Crippen LogP contribution >= 0.6 is 15.9 Å². The zero-order chi connectivity index (χ0) is 14.5. The maximum Gasteiger partial charge on any atom is 0.125 e. The smallest absolute Gasteiger partial charge is 0.125 e. The monoisotopic (exact) mass is 341 g/mol. The van der Waals surface area contributed by atoms with E-state index in [0.29, 0.717) is 6.04 Å². The molecule has 4 heteroatoms. The molecule has 0 saturated carbocycles. The van der Waals surface area contributed by atoms with Crippen LogP contribution in [0.2, 0.25) is 0 Å². The minimum atomic E-state index is 0.228. The molecule has 0 radical (unpaired) electrons. The molecule has 0 spiro atoms. The van der Waals surface area contributed by atoms with Gasteiger partial charge in [0.1, 0.15) is 5.75 Å². The standard InChI is InChI=1S/C16H24BrNO2/c1-4-15(19-3)14(18-5-2)10-12-9-13(17)8-11-6-7-20-16(11)12/h8-9,14-15,18H,4-7,10H2,1-3H3. The molecule has 2 atom stereocenters. The summed E-state index contributed by atoms with van der Waals surface area (Å²) in [5.41, 5.74) is 2.59. The fourth-order valence-corrected chi connectivity index (χ4v) is 3.50. The highest BCUT2D eigenvalue weighted by atomic mass is 79.9. The summed E-state index contributed by atoms with van der Waals surface area (Å²) < 4.78 is 12.6. The Morgan fingerprint density at radius 2 is 2.20 bits per heavy atom. The molecule has 112 valence electrons. The van der Waals surface area contributed by atoms with Crippen LogP contribution in [0.25, 0.3) is 0 Å². The van der Waals surface area contributed by atoms with Gasteiger partial charge in [-0.05, 0) is 42.6 Å². The van der Waals surface area contributed by atoms with E-state index in [9.17, 15) is 0 Å². The van der Waals surface area contributed by atoms with Crippen LogP contribution < -0.4 is 10.1 Å². The van der Waals surface area contributed by atoms with Gasteiger partial charge in [0.05, 0.1) is 12.7 Å². The number of benzene rings is 1. The van der Waals surface area contributed by atoms with Crippen molar-refractivity contribution in [1.29, 1.82) is 0 Å². The van der Waals surface area contributed by atoms with Crippen molar-refractivity contribution in [1.82, 2.24) is 5.32 Å². The molecule has 2 rings (SSSR count). The van der Waals surface area contributed by atoms with E-state index < -0.39 is 0 Å². The number of nitrogens with one attached hydrogen (secondary N) is 1. The zero-order valence-electron chi connectivity index (χ0n) is 12.5. The molecule has 0 saturated heterocycles. The van der Waals surface area contributed by atoms with Crippen molar-refractivity contribution in [2.45, 2.75) is 45.3 Å². The van der Waals surface area contributed by atoms with E-state index in [-0.39, 0.29) is 6.10 Å². The second kappa shape index (κ2) is 7.43. The fourth-order valence-electron chi connectivity index (χ4n) is 2.95. The molecule has 0 fully saturated rings. The summed E-state index contributed by atoms with van der Waals surface area (Å²) >= 11 is 3.61. The first-order valence-electron chi connectivity index (χ1n) is 7.39. The molecule has 1 aromatic carbocycles. The molecule has 2 unspecified atom stereocenters. The highest BCUT2D eigenvalue weighted by molar-refractivity contribution is 9.10. The van der Waals surface area contributed by atoms with Crippen molar-refractivity contribution in [2.24, 2.45) is 0 Å². The Kier molecular flexibility index (Phi) is 5.87. The molecule has 0 aromatic heterocycles. The van der Waals surface area contributed by atoms with Crippen molar-refractivity contribution in [3.63, 3.8) is 0 Å². The largest absolute Gasteiger partial charge is 0.493 e. The van der Waals surface area contributed by atoms with Crippen molar-refractivity contribution in [2.75, 3.05) is 20.3 Å². The van der Waals surface area contributed by atoms with Gasteiger partial charge < -0.3 is 14.8 Å². The van der Waals surface area contributed by atoms with Gasteiger partial charge in [-0.3, -0.25) is 0 Å². The summed E-state index contributed by atoms with van der Waals surface area (Å²) in [6.45, 7) is 6.05. The molecule has 20 heavy (non-hydrogen) atoms.